The van der Waals surface area contributed by atoms with Crippen molar-refractivity contribution >= 4 is 21.5 Å². The maximum atomic E-state index is 9.15. The van der Waals surface area contributed by atoms with Crippen LogP contribution in [-0.4, -0.2) is 10.2 Å². The average molecular weight is 224 g/mol. The van der Waals surface area contributed by atoms with Gasteiger partial charge in [-0.3, -0.25) is 0 Å². The van der Waals surface area contributed by atoms with Gasteiger partial charge < -0.3 is 10.2 Å². The summed E-state index contributed by atoms with van der Waals surface area (Å²) in [6.07, 6.45) is -1.41. The number of hydrogen-bond acceptors (Lipinski definition) is 2. The monoisotopic (exact) mass is 224 g/mol. The van der Waals surface area contributed by atoms with Crippen LogP contribution in [0.2, 0.25) is 0 Å². The molecule has 0 saturated heterocycles. The molecule has 0 unspecified atom stereocenters. The molecule has 3 rings (SSSR count). The molecule has 0 fully saturated rings. The molecular formula is C15H12O2. The van der Waals surface area contributed by atoms with Gasteiger partial charge in [0, 0.05) is 5.56 Å². The molecule has 0 bridgehead atoms. The van der Waals surface area contributed by atoms with Gasteiger partial charge in [-0.25, -0.2) is 0 Å². The minimum atomic E-state index is -1.41. The van der Waals surface area contributed by atoms with Crippen molar-refractivity contribution in [1.29, 1.82) is 0 Å². The zero-order valence-corrected chi connectivity index (χ0v) is 9.17. The summed E-state index contributed by atoms with van der Waals surface area (Å²) in [7, 11) is 0. The molecule has 3 aromatic rings. The van der Waals surface area contributed by atoms with E-state index in [-0.39, 0.29) is 0 Å². The summed E-state index contributed by atoms with van der Waals surface area (Å²) in [4.78, 5) is 0. The van der Waals surface area contributed by atoms with Crippen molar-refractivity contribution in [3.63, 3.8) is 0 Å². The third-order valence-corrected chi connectivity index (χ3v) is 3.07. The van der Waals surface area contributed by atoms with Crippen molar-refractivity contribution in [2.45, 2.75) is 6.29 Å². The van der Waals surface area contributed by atoms with Crippen LogP contribution in [0.25, 0.3) is 21.5 Å². The first kappa shape index (κ1) is 10.3. The topological polar surface area (TPSA) is 40.5 Å². The second-order valence-corrected chi connectivity index (χ2v) is 4.14. The fraction of sp³-hybridized carbons (Fsp3) is 0.0667. The summed E-state index contributed by atoms with van der Waals surface area (Å²) >= 11 is 0. The van der Waals surface area contributed by atoms with E-state index in [2.05, 4.69) is 12.1 Å². The molecular weight excluding hydrogens is 212 g/mol. The Labute approximate surface area is 98.7 Å². The minimum absolute atomic E-state index is 0.521. The highest BCUT2D eigenvalue weighted by Gasteiger charge is 2.05. The quantitative estimate of drug-likeness (QED) is 0.493. The average Bonchev–Trinajstić information content (AvgIpc) is 2.38. The fourth-order valence-corrected chi connectivity index (χ4v) is 2.19. The van der Waals surface area contributed by atoms with Gasteiger partial charge in [0.25, 0.3) is 0 Å². The van der Waals surface area contributed by atoms with Crippen LogP contribution in [0.1, 0.15) is 11.9 Å². The van der Waals surface area contributed by atoms with E-state index in [0.29, 0.717) is 5.56 Å². The second kappa shape index (κ2) is 3.84. The number of fused-ring (bicyclic) bond motifs is 3. The summed E-state index contributed by atoms with van der Waals surface area (Å²) in [6, 6.07) is 17.7. The summed E-state index contributed by atoms with van der Waals surface area (Å²) in [5.41, 5.74) is 0.521. The Kier molecular flexibility index (Phi) is 2.32. The molecule has 0 saturated carbocycles. The van der Waals surface area contributed by atoms with Crippen LogP contribution in [0.3, 0.4) is 0 Å². The van der Waals surface area contributed by atoms with E-state index in [0.717, 1.165) is 10.8 Å². The van der Waals surface area contributed by atoms with Crippen molar-refractivity contribution < 1.29 is 10.2 Å². The normalized spacial score (nSPS) is 11.5. The number of hydrogen-bond donors (Lipinski definition) is 2. The van der Waals surface area contributed by atoms with Crippen LogP contribution in [0.5, 0.6) is 0 Å². The Morgan fingerprint density at radius 3 is 2.24 bits per heavy atom. The lowest BCUT2D eigenvalue weighted by molar-refractivity contribution is -0.0423. The van der Waals surface area contributed by atoms with Gasteiger partial charge in [0.05, 0.1) is 0 Å². The molecule has 3 aromatic carbocycles. The highest BCUT2D eigenvalue weighted by molar-refractivity contribution is 6.07. The summed E-state index contributed by atoms with van der Waals surface area (Å²) < 4.78 is 0. The SMILES string of the molecule is OC(O)c1ccc2c(ccc3ccccc32)c1. The van der Waals surface area contributed by atoms with E-state index in [1.807, 2.05) is 36.4 Å². The zero-order valence-electron chi connectivity index (χ0n) is 9.17. The molecule has 17 heavy (non-hydrogen) atoms. The van der Waals surface area contributed by atoms with E-state index in [9.17, 15) is 0 Å². The van der Waals surface area contributed by atoms with Crippen LogP contribution < -0.4 is 0 Å². The lowest BCUT2D eigenvalue weighted by Gasteiger charge is -2.07. The van der Waals surface area contributed by atoms with Gasteiger partial charge in [0.2, 0.25) is 0 Å². The van der Waals surface area contributed by atoms with E-state index in [1.54, 1.807) is 6.07 Å². The molecule has 0 amide bonds. The Bertz CT molecular complexity index is 687. The third kappa shape index (κ3) is 1.68. The minimum Gasteiger partial charge on any atom is -0.364 e. The number of benzene rings is 3. The van der Waals surface area contributed by atoms with Gasteiger partial charge in [-0.05, 0) is 27.6 Å². The van der Waals surface area contributed by atoms with Crippen LogP contribution in [0.4, 0.5) is 0 Å². The lowest BCUT2D eigenvalue weighted by Crippen LogP contribution is -1.94. The van der Waals surface area contributed by atoms with E-state index < -0.39 is 6.29 Å². The third-order valence-electron chi connectivity index (χ3n) is 3.07. The van der Waals surface area contributed by atoms with Crippen molar-refractivity contribution in [2.75, 3.05) is 0 Å². The molecule has 2 nitrogen and oxygen atoms in total. The fourth-order valence-electron chi connectivity index (χ4n) is 2.19. The van der Waals surface area contributed by atoms with Crippen molar-refractivity contribution in [1.82, 2.24) is 0 Å². The van der Waals surface area contributed by atoms with Crippen LogP contribution in [0, 0.1) is 0 Å². The molecule has 0 atom stereocenters. The molecule has 0 aliphatic rings. The van der Waals surface area contributed by atoms with Gasteiger partial charge in [-0.2, -0.15) is 0 Å². The van der Waals surface area contributed by atoms with E-state index >= 15 is 0 Å². The standard InChI is InChI=1S/C15H12O2/c16-15(17)12-7-8-14-11(9-12)6-5-10-3-1-2-4-13(10)14/h1-9,15-17H. The maximum absolute atomic E-state index is 9.15. The zero-order chi connectivity index (χ0) is 11.8. The van der Waals surface area contributed by atoms with Crippen molar-refractivity contribution in [3.05, 3.63) is 60.2 Å². The summed E-state index contributed by atoms with van der Waals surface area (Å²) in [5, 5.41) is 22.8. The molecule has 0 aromatic heterocycles. The molecule has 0 aliphatic carbocycles. The maximum Gasteiger partial charge on any atom is 0.178 e. The van der Waals surface area contributed by atoms with Crippen molar-refractivity contribution in [3.8, 4) is 0 Å². The molecule has 84 valence electrons. The number of aliphatic hydroxyl groups is 2. The lowest BCUT2D eigenvalue weighted by atomic mass is 10.0. The smallest absolute Gasteiger partial charge is 0.178 e. The van der Waals surface area contributed by atoms with Gasteiger partial charge in [-0.1, -0.05) is 48.5 Å². The highest BCUT2D eigenvalue weighted by Crippen LogP contribution is 2.27. The Balaban J connectivity index is 2.37. The molecule has 2 heteroatoms. The van der Waals surface area contributed by atoms with Gasteiger partial charge in [-0.15, -0.1) is 0 Å². The summed E-state index contributed by atoms with van der Waals surface area (Å²) in [6.45, 7) is 0. The first-order valence-electron chi connectivity index (χ1n) is 5.53. The Morgan fingerprint density at radius 2 is 1.41 bits per heavy atom. The molecule has 0 heterocycles. The van der Waals surface area contributed by atoms with Crippen LogP contribution in [-0.2, 0) is 0 Å². The van der Waals surface area contributed by atoms with Gasteiger partial charge >= 0.3 is 0 Å². The first-order chi connectivity index (χ1) is 8.25. The first-order valence-corrected chi connectivity index (χ1v) is 5.53. The van der Waals surface area contributed by atoms with Crippen LogP contribution >= 0.6 is 0 Å². The molecule has 0 radical (unpaired) electrons. The van der Waals surface area contributed by atoms with Gasteiger partial charge in [0.1, 0.15) is 0 Å². The molecule has 0 aliphatic heterocycles. The molecule has 0 spiro atoms. The summed E-state index contributed by atoms with van der Waals surface area (Å²) in [5.74, 6) is 0. The van der Waals surface area contributed by atoms with Crippen molar-refractivity contribution in [2.24, 2.45) is 0 Å². The van der Waals surface area contributed by atoms with Gasteiger partial charge in [0.15, 0.2) is 6.29 Å². The van der Waals surface area contributed by atoms with E-state index in [1.165, 1.54) is 10.8 Å². The van der Waals surface area contributed by atoms with E-state index in [4.69, 9.17) is 10.2 Å². The predicted octanol–water partition coefficient (Wildman–Crippen LogP) is 2.98. The van der Waals surface area contributed by atoms with Crippen LogP contribution in [0.15, 0.2) is 54.6 Å². The number of aliphatic hydroxyl groups excluding tert-OH is 1. The molecule has 2 N–H and O–H groups in total. The Morgan fingerprint density at radius 1 is 0.706 bits per heavy atom. The Hall–Kier alpha value is -1.90. The largest absolute Gasteiger partial charge is 0.364 e. The predicted molar refractivity (Wildman–Crippen MR) is 68.6 cm³/mol. The second-order valence-electron chi connectivity index (χ2n) is 4.14. The highest BCUT2D eigenvalue weighted by atomic mass is 16.5. The number of rotatable bonds is 1.